The number of hydrogen-bond donors (Lipinski definition) is 1. The van der Waals surface area contributed by atoms with Gasteiger partial charge in [-0.3, -0.25) is 0 Å². The smallest absolute Gasteiger partial charge is 0.407 e. The van der Waals surface area contributed by atoms with E-state index in [0.29, 0.717) is 25.5 Å². The average Bonchev–Trinajstić information content (AvgIpc) is 2.64. The molecule has 1 N–H and O–H groups in total. The highest BCUT2D eigenvalue weighted by Gasteiger charge is 2.13. The third-order valence-electron chi connectivity index (χ3n) is 3.97. The minimum Gasteiger partial charge on any atom is -0.490 e. The molecule has 2 aromatic rings. The summed E-state index contributed by atoms with van der Waals surface area (Å²) in [7, 11) is 0. The van der Waals surface area contributed by atoms with Crippen molar-refractivity contribution in [2.24, 2.45) is 0 Å². The fourth-order valence-electron chi connectivity index (χ4n) is 2.35. The second-order valence-electron chi connectivity index (χ2n) is 6.31. The van der Waals surface area contributed by atoms with Crippen LogP contribution in [0, 0.1) is 0 Å². The zero-order valence-electron chi connectivity index (χ0n) is 15.2. The Kier molecular flexibility index (Phi) is 7.33. The monoisotopic (exact) mass is 341 g/mol. The van der Waals surface area contributed by atoms with E-state index in [-0.39, 0.29) is 6.10 Å². The van der Waals surface area contributed by atoms with E-state index < -0.39 is 6.09 Å². The molecule has 0 aromatic heterocycles. The Labute approximate surface area is 150 Å². The molecule has 1 unspecified atom stereocenters. The summed E-state index contributed by atoms with van der Waals surface area (Å²) in [5.41, 5.74) is 2.27. The van der Waals surface area contributed by atoms with Gasteiger partial charge in [-0.15, -0.1) is 0 Å². The van der Waals surface area contributed by atoms with E-state index in [1.807, 2.05) is 55.5 Å². The van der Waals surface area contributed by atoms with Crippen molar-refractivity contribution in [3.8, 4) is 5.75 Å². The van der Waals surface area contributed by atoms with Crippen molar-refractivity contribution in [3.63, 3.8) is 0 Å². The van der Waals surface area contributed by atoms with E-state index in [4.69, 9.17) is 9.47 Å². The Balaban J connectivity index is 1.79. The molecule has 2 aromatic carbocycles. The first-order chi connectivity index (χ1) is 12.1. The lowest BCUT2D eigenvalue weighted by molar-refractivity contribution is 0.0626. The van der Waals surface area contributed by atoms with Gasteiger partial charge in [-0.2, -0.15) is 0 Å². The molecule has 4 nitrogen and oxygen atoms in total. The fourth-order valence-corrected chi connectivity index (χ4v) is 2.35. The van der Waals surface area contributed by atoms with Crippen molar-refractivity contribution in [2.75, 3.05) is 6.61 Å². The number of benzene rings is 2. The quantitative estimate of drug-likeness (QED) is 0.743. The summed E-state index contributed by atoms with van der Waals surface area (Å²) in [6, 6.07) is 17.8. The van der Waals surface area contributed by atoms with Crippen molar-refractivity contribution in [1.29, 1.82) is 0 Å². The van der Waals surface area contributed by atoms with Gasteiger partial charge in [0.1, 0.15) is 18.5 Å². The molecule has 0 saturated carbocycles. The number of alkyl carbamates (subject to hydrolysis) is 1. The normalized spacial score (nSPS) is 11.8. The van der Waals surface area contributed by atoms with Gasteiger partial charge in [0.15, 0.2) is 0 Å². The molecule has 0 heterocycles. The number of nitrogens with one attached hydrogen (secondary N) is 1. The third-order valence-corrected chi connectivity index (χ3v) is 3.97. The summed E-state index contributed by atoms with van der Waals surface area (Å²) in [5, 5.41) is 2.77. The Morgan fingerprint density at radius 1 is 1.08 bits per heavy atom. The lowest BCUT2D eigenvalue weighted by Gasteiger charge is -2.18. The fraction of sp³-hybridized carbons (Fsp3) is 0.381. The number of hydrogen-bond acceptors (Lipinski definition) is 3. The van der Waals surface area contributed by atoms with Gasteiger partial charge in [-0.1, -0.05) is 63.2 Å². The summed E-state index contributed by atoms with van der Waals surface area (Å²) >= 11 is 0. The predicted molar refractivity (Wildman–Crippen MR) is 99.9 cm³/mol. The zero-order chi connectivity index (χ0) is 18.1. The van der Waals surface area contributed by atoms with Crippen LogP contribution in [0.15, 0.2) is 54.6 Å². The molecule has 1 amide bonds. The summed E-state index contributed by atoms with van der Waals surface area (Å²) in [4.78, 5) is 12.0. The molecule has 0 aliphatic heterocycles. The molecule has 0 saturated heterocycles. The van der Waals surface area contributed by atoms with E-state index in [1.54, 1.807) is 0 Å². The lowest BCUT2D eigenvalue weighted by atomic mass is 10.0. The Bertz CT molecular complexity index is 655. The SMILES string of the molecule is CCC(COc1cccc(C(C)C)c1)OC(=O)NCc1ccccc1. The molecule has 4 heteroatoms. The van der Waals surface area contributed by atoms with Gasteiger partial charge in [0.2, 0.25) is 0 Å². The third kappa shape index (κ3) is 6.49. The van der Waals surface area contributed by atoms with Crippen LogP contribution in [0.3, 0.4) is 0 Å². The number of ether oxygens (including phenoxy) is 2. The van der Waals surface area contributed by atoms with Gasteiger partial charge in [0, 0.05) is 6.54 Å². The Hall–Kier alpha value is -2.49. The standard InChI is InChI=1S/C21H27NO3/c1-4-19(15-24-20-12-8-11-18(13-20)16(2)3)25-21(23)22-14-17-9-6-5-7-10-17/h5-13,16,19H,4,14-15H2,1-3H3,(H,22,23). The van der Waals surface area contributed by atoms with Crippen molar-refractivity contribution in [2.45, 2.75) is 45.8 Å². The zero-order valence-corrected chi connectivity index (χ0v) is 15.2. The summed E-state index contributed by atoms with van der Waals surface area (Å²) in [6.07, 6.45) is -0.00321. The lowest BCUT2D eigenvalue weighted by Crippen LogP contribution is -2.31. The van der Waals surface area contributed by atoms with Crippen LogP contribution in [-0.4, -0.2) is 18.8 Å². The Morgan fingerprint density at radius 2 is 1.84 bits per heavy atom. The van der Waals surface area contributed by atoms with Crippen LogP contribution in [0.2, 0.25) is 0 Å². The van der Waals surface area contributed by atoms with Gasteiger partial charge in [0.25, 0.3) is 0 Å². The first-order valence-corrected chi connectivity index (χ1v) is 8.79. The highest BCUT2D eigenvalue weighted by Crippen LogP contribution is 2.20. The number of amides is 1. The molecule has 0 bridgehead atoms. The highest BCUT2D eigenvalue weighted by molar-refractivity contribution is 5.67. The molecule has 0 aliphatic carbocycles. The van der Waals surface area contributed by atoms with Crippen LogP contribution in [0.5, 0.6) is 5.75 Å². The molecule has 0 radical (unpaired) electrons. The van der Waals surface area contributed by atoms with Gasteiger partial charge < -0.3 is 14.8 Å². The van der Waals surface area contributed by atoms with Gasteiger partial charge >= 0.3 is 6.09 Å². The molecule has 25 heavy (non-hydrogen) atoms. The number of carbonyl (C=O) groups excluding carboxylic acids is 1. The van der Waals surface area contributed by atoms with E-state index in [0.717, 1.165) is 11.3 Å². The minimum atomic E-state index is -0.421. The van der Waals surface area contributed by atoms with Crippen LogP contribution in [0.25, 0.3) is 0 Å². The first-order valence-electron chi connectivity index (χ1n) is 8.79. The topological polar surface area (TPSA) is 47.6 Å². The van der Waals surface area contributed by atoms with Gasteiger partial charge in [0.05, 0.1) is 0 Å². The maximum Gasteiger partial charge on any atom is 0.407 e. The van der Waals surface area contributed by atoms with E-state index in [2.05, 4.69) is 25.2 Å². The van der Waals surface area contributed by atoms with Crippen LogP contribution < -0.4 is 10.1 Å². The number of rotatable bonds is 8. The van der Waals surface area contributed by atoms with Crippen molar-refractivity contribution in [3.05, 3.63) is 65.7 Å². The van der Waals surface area contributed by atoms with Crippen molar-refractivity contribution in [1.82, 2.24) is 5.32 Å². The number of carbonyl (C=O) groups is 1. The average molecular weight is 341 g/mol. The van der Waals surface area contributed by atoms with E-state index in [1.165, 1.54) is 5.56 Å². The maximum absolute atomic E-state index is 12.0. The van der Waals surface area contributed by atoms with Gasteiger partial charge in [-0.05, 0) is 35.6 Å². The molecule has 1 atom stereocenters. The molecule has 0 fully saturated rings. The Morgan fingerprint density at radius 3 is 2.52 bits per heavy atom. The minimum absolute atomic E-state index is 0.279. The van der Waals surface area contributed by atoms with Crippen molar-refractivity contribution < 1.29 is 14.3 Å². The first kappa shape index (κ1) is 18.8. The van der Waals surface area contributed by atoms with Crippen LogP contribution >= 0.6 is 0 Å². The molecular weight excluding hydrogens is 314 g/mol. The largest absolute Gasteiger partial charge is 0.490 e. The van der Waals surface area contributed by atoms with Crippen LogP contribution in [0.1, 0.15) is 44.2 Å². The molecule has 134 valence electrons. The second kappa shape index (κ2) is 9.72. The highest BCUT2D eigenvalue weighted by atomic mass is 16.6. The summed E-state index contributed by atoms with van der Waals surface area (Å²) in [6.45, 7) is 7.07. The van der Waals surface area contributed by atoms with E-state index in [9.17, 15) is 4.79 Å². The second-order valence-corrected chi connectivity index (χ2v) is 6.31. The predicted octanol–water partition coefficient (Wildman–Crippen LogP) is 4.89. The van der Waals surface area contributed by atoms with Crippen molar-refractivity contribution >= 4 is 6.09 Å². The van der Waals surface area contributed by atoms with Crippen LogP contribution in [-0.2, 0) is 11.3 Å². The molecular formula is C21H27NO3. The van der Waals surface area contributed by atoms with Gasteiger partial charge in [-0.25, -0.2) is 4.79 Å². The maximum atomic E-state index is 12.0. The molecule has 2 rings (SSSR count). The molecule has 0 spiro atoms. The molecule has 0 aliphatic rings. The van der Waals surface area contributed by atoms with Crippen LogP contribution in [0.4, 0.5) is 4.79 Å². The summed E-state index contributed by atoms with van der Waals surface area (Å²) < 4.78 is 11.3. The summed E-state index contributed by atoms with van der Waals surface area (Å²) in [5.74, 6) is 1.25. The van der Waals surface area contributed by atoms with E-state index >= 15 is 0 Å².